The number of pyridine rings is 1. The lowest BCUT2D eigenvalue weighted by molar-refractivity contribution is -0.137. The summed E-state index contributed by atoms with van der Waals surface area (Å²) < 4.78 is 41.2. The topological polar surface area (TPSA) is 93.9 Å². The molecule has 292 valence electrons. The number of H-pyrrole nitrogens is 1. The molecule has 2 aliphatic rings. The van der Waals surface area contributed by atoms with Gasteiger partial charge in [-0.1, -0.05) is 84.5 Å². The molecule has 0 saturated carbocycles. The molecule has 0 spiro atoms. The third-order valence-electron chi connectivity index (χ3n) is 10.8. The van der Waals surface area contributed by atoms with Gasteiger partial charge in [-0.3, -0.25) is 0 Å². The maximum Gasteiger partial charge on any atom is 0.416 e. The van der Waals surface area contributed by atoms with E-state index in [-0.39, 0.29) is 22.3 Å². The van der Waals surface area contributed by atoms with Gasteiger partial charge < -0.3 is 15.2 Å². The quantitative estimate of drug-likeness (QED) is 0.155. The van der Waals surface area contributed by atoms with Crippen LogP contribution >= 0.6 is 0 Å². The minimum Gasteiger partial charge on any atom is -0.507 e. The number of aromatic amines is 1. The first-order chi connectivity index (χ1) is 27.3. The Morgan fingerprint density at radius 3 is 1.91 bits per heavy atom. The first-order valence-electron chi connectivity index (χ1n) is 19.1. The van der Waals surface area contributed by atoms with Crippen LogP contribution in [-0.2, 0) is 17.0 Å². The van der Waals surface area contributed by atoms with Crippen molar-refractivity contribution in [2.45, 2.75) is 65.5 Å². The van der Waals surface area contributed by atoms with Crippen molar-refractivity contribution >= 4 is 34.5 Å². The van der Waals surface area contributed by atoms with Gasteiger partial charge in [0.25, 0.3) is 0 Å². The molecule has 0 atom stereocenters. The average Bonchev–Trinajstić information content (AvgIpc) is 3.84. The lowest BCUT2D eigenvalue weighted by Gasteiger charge is -2.22. The van der Waals surface area contributed by atoms with Crippen LogP contribution in [0.15, 0.2) is 119 Å². The second-order valence-electron chi connectivity index (χ2n) is 16.9. The number of hydrogen-bond donors (Lipinski definition) is 3. The van der Waals surface area contributed by atoms with E-state index in [2.05, 4.69) is 53.1 Å². The largest absolute Gasteiger partial charge is 0.507 e. The van der Waals surface area contributed by atoms with E-state index in [0.29, 0.717) is 83.7 Å². The highest BCUT2D eigenvalue weighted by molar-refractivity contribution is 6.15. The summed E-state index contributed by atoms with van der Waals surface area (Å²) in [6, 6.07) is 24.1. The lowest BCUT2D eigenvalue weighted by Crippen LogP contribution is -2.25. The van der Waals surface area contributed by atoms with Crippen molar-refractivity contribution in [2.24, 2.45) is 9.98 Å². The van der Waals surface area contributed by atoms with Crippen LogP contribution in [0.25, 0.3) is 51.3 Å². The highest BCUT2D eigenvalue weighted by atomic mass is 19.4. The number of aromatic nitrogens is 2. The van der Waals surface area contributed by atoms with Crippen molar-refractivity contribution in [3.05, 3.63) is 159 Å². The van der Waals surface area contributed by atoms with Gasteiger partial charge in [0.1, 0.15) is 11.5 Å². The number of nitrogens with zero attached hydrogens (tertiary/aromatic N) is 3. The number of phenols is 2. The Kier molecular flexibility index (Phi) is 8.99. The third-order valence-corrected chi connectivity index (χ3v) is 10.8. The summed E-state index contributed by atoms with van der Waals surface area (Å²) in [5.74, 6) is -0.0224. The molecule has 0 amide bonds. The molecular formula is C49H43F3N4O2. The number of nitrogens with one attached hydrogen (secondary N) is 1. The molecule has 0 saturated heterocycles. The molecule has 4 aromatic carbocycles. The van der Waals surface area contributed by atoms with Crippen LogP contribution in [0.4, 0.5) is 13.2 Å². The summed E-state index contributed by atoms with van der Waals surface area (Å²) in [4.78, 5) is 18.8. The molecule has 2 aromatic heterocycles. The van der Waals surface area contributed by atoms with Crippen LogP contribution in [-0.4, -0.2) is 25.9 Å². The van der Waals surface area contributed by atoms with Crippen molar-refractivity contribution in [3.8, 4) is 34.0 Å². The summed E-state index contributed by atoms with van der Waals surface area (Å²) in [7, 11) is 0. The van der Waals surface area contributed by atoms with Crippen LogP contribution in [0.1, 0.15) is 87.5 Å². The normalized spacial score (nSPS) is 16.9. The van der Waals surface area contributed by atoms with Gasteiger partial charge in [0.2, 0.25) is 0 Å². The number of phenolic OH excluding ortho intramolecular Hbond substituents is 2. The van der Waals surface area contributed by atoms with E-state index in [0.717, 1.165) is 28.6 Å². The number of allylic oxidation sites excluding steroid dienone is 3. The van der Waals surface area contributed by atoms with E-state index >= 15 is 0 Å². The van der Waals surface area contributed by atoms with E-state index in [1.54, 1.807) is 12.2 Å². The molecule has 6 aromatic rings. The van der Waals surface area contributed by atoms with Crippen LogP contribution < -0.4 is 10.6 Å². The van der Waals surface area contributed by atoms with E-state index in [1.165, 1.54) is 12.1 Å². The van der Waals surface area contributed by atoms with Crippen LogP contribution in [0.5, 0.6) is 11.5 Å². The predicted molar refractivity (Wildman–Crippen MR) is 227 cm³/mol. The molecule has 2 aliphatic heterocycles. The Morgan fingerprint density at radius 2 is 1.26 bits per heavy atom. The maximum atomic E-state index is 13.7. The Balaban J connectivity index is 1.51. The monoisotopic (exact) mass is 776 g/mol. The standard InChI is InChI=1S/C49H43F3N4O2/c1-9-36-32-22-30(47(3,4)5)23-33(45(32)57)37-18-20-40(53-37)42(27-12-15-29(16-13-27)49(50,51)52)41-21-19-38(54-41)34-24-31(48(6,7)8)25-35(46(34)58)39-17-14-28-11-10-26(2)43(55-36)44(28)56-39/h9-25,53,57-58H,2H2,1,3-8H3/b36-9-,42-41-,55-43+. The van der Waals surface area contributed by atoms with Gasteiger partial charge in [0.15, 0.2) is 0 Å². The second-order valence-corrected chi connectivity index (χ2v) is 16.9. The molecule has 0 radical (unpaired) electrons. The van der Waals surface area contributed by atoms with E-state index in [1.807, 2.05) is 73.7 Å². The van der Waals surface area contributed by atoms with Gasteiger partial charge in [-0.2, -0.15) is 13.2 Å². The van der Waals surface area contributed by atoms with Gasteiger partial charge in [-0.05, 0) is 106 Å². The Bertz CT molecular complexity index is 2930. The average molecular weight is 777 g/mol. The molecule has 58 heavy (non-hydrogen) atoms. The Labute approximate surface area is 334 Å². The van der Waals surface area contributed by atoms with Crippen LogP contribution in [0.3, 0.4) is 0 Å². The third kappa shape index (κ3) is 6.74. The zero-order valence-corrected chi connectivity index (χ0v) is 33.4. The van der Waals surface area contributed by atoms with Gasteiger partial charge in [0.05, 0.1) is 39.2 Å². The fraction of sp³-hybridized carbons (Fsp3) is 0.204. The Morgan fingerprint density at radius 1 is 0.655 bits per heavy atom. The number of alkyl halides is 3. The molecular weight excluding hydrogens is 734 g/mol. The van der Waals surface area contributed by atoms with E-state index < -0.39 is 11.7 Å². The summed E-state index contributed by atoms with van der Waals surface area (Å²) in [5, 5.41) is 26.3. The fourth-order valence-corrected chi connectivity index (χ4v) is 7.43. The first kappa shape index (κ1) is 38.4. The van der Waals surface area contributed by atoms with Crippen LogP contribution in [0.2, 0.25) is 0 Å². The molecule has 0 aliphatic carbocycles. The van der Waals surface area contributed by atoms with Gasteiger partial charge in [-0.25, -0.2) is 15.0 Å². The number of hydrogen-bond acceptors (Lipinski definition) is 5. The highest BCUT2D eigenvalue weighted by Crippen LogP contribution is 2.43. The van der Waals surface area contributed by atoms with Crippen molar-refractivity contribution in [3.63, 3.8) is 0 Å². The number of benzene rings is 4. The summed E-state index contributed by atoms with van der Waals surface area (Å²) in [5.41, 5.74) is 7.18. The smallest absolute Gasteiger partial charge is 0.416 e. The minimum atomic E-state index is -4.51. The van der Waals surface area contributed by atoms with Gasteiger partial charge in [0, 0.05) is 44.6 Å². The summed E-state index contributed by atoms with van der Waals surface area (Å²) in [6.07, 6.45) is 0.933. The molecule has 9 heteroatoms. The van der Waals surface area contributed by atoms with Crippen molar-refractivity contribution in [2.75, 3.05) is 0 Å². The number of halogens is 3. The summed E-state index contributed by atoms with van der Waals surface area (Å²) >= 11 is 0. The van der Waals surface area contributed by atoms with Gasteiger partial charge in [-0.15, -0.1) is 0 Å². The Hall–Kier alpha value is -6.48. The molecule has 3 N–H and O–H groups in total. The molecule has 10 bridgehead atoms. The zero-order chi connectivity index (χ0) is 41.5. The molecule has 8 rings (SSSR count). The maximum absolute atomic E-state index is 13.7. The number of fused-ring (bicyclic) bond motifs is 11. The van der Waals surface area contributed by atoms with Crippen molar-refractivity contribution < 1.29 is 23.4 Å². The van der Waals surface area contributed by atoms with Gasteiger partial charge >= 0.3 is 6.18 Å². The highest BCUT2D eigenvalue weighted by Gasteiger charge is 2.31. The van der Waals surface area contributed by atoms with E-state index in [4.69, 9.17) is 15.0 Å². The minimum absolute atomic E-state index is 0.00359. The SMILES string of the molecule is C=c1ccc2ccc3nc2/c1=N/C(=C\C)c1cc(C(C)(C)C)cc(c1O)-c1ccc([nH]1)/C(c1ccc(C(F)(F)F)cc1)=C1/C=CC(=N1)c1cc(C(C)(C)C)cc-3c1O. The number of aromatic hydroxyl groups is 2. The molecule has 0 unspecified atom stereocenters. The first-order valence-corrected chi connectivity index (χ1v) is 19.1. The zero-order valence-electron chi connectivity index (χ0n) is 33.4. The van der Waals surface area contributed by atoms with Crippen LogP contribution in [0, 0.1) is 0 Å². The molecule has 0 fully saturated rings. The number of rotatable bonds is 1. The molecule has 4 heterocycles. The van der Waals surface area contributed by atoms with Crippen molar-refractivity contribution in [1.29, 1.82) is 0 Å². The second kappa shape index (κ2) is 13.6. The fourth-order valence-electron chi connectivity index (χ4n) is 7.43. The molecule has 6 nitrogen and oxygen atoms in total. The van der Waals surface area contributed by atoms with E-state index in [9.17, 15) is 23.4 Å². The predicted octanol–water partition coefficient (Wildman–Crippen LogP) is 11.1. The lowest BCUT2D eigenvalue weighted by atomic mass is 9.83. The number of aliphatic imine (C=N–C) groups is 1. The van der Waals surface area contributed by atoms with Crippen molar-refractivity contribution in [1.82, 2.24) is 9.97 Å². The summed E-state index contributed by atoms with van der Waals surface area (Å²) in [6.45, 7) is 18.7.